The highest BCUT2D eigenvalue weighted by Gasteiger charge is 2.06. The third-order valence-electron chi connectivity index (χ3n) is 4.47. The van der Waals surface area contributed by atoms with Gasteiger partial charge in [0.2, 0.25) is 5.91 Å². The molecule has 0 saturated carbocycles. The van der Waals surface area contributed by atoms with Crippen LogP contribution < -0.4 is 15.4 Å². The fraction of sp³-hybridized carbons (Fsp3) is 0.261. The summed E-state index contributed by atoms with van der Waals surface area (Å²) >= 11 is 0. The molecule has 0 aliphatic heterocycles. The van der Waals surface area contributed by atoms with Crippen LogP contribution in [0, 0.1) is 5.82 Å². The molecule has 2 amide bonds. The molecule has 0 aliphatic carbocycles. The van der Waals surface area contributed by atoms with E-state index in [9.17, 15) is 14.0 Å². The molecule has 0 bridgehead atoms. The van der Waals surface area contributed by atoms with E-state index in [1.165, 1.54) is 24.3 Å². The van der Waals surface area contributed by atoms with Crippen LogP contribution in [0.2, 0.25) is 0 Å². The van der Waals surface area contributed by atoms with Crippen LogP contribution in [0.1, 0.15) is 29.6 Å². The number of aromatic nitrogens is 1. The Balaban J connectivity index is 1.27. The summed E-state index contributed by atoms with van der Waals surface area (Å²) < 4.78 is 18.6. The maximum atomic E-state index is 12.9. The van der Waals surface area contributed by atoms with Crippen LogP contribution in [0.15, 0.2) is 60.8 Å². The first-order valence-electron chi connectivity index (χ1n) is 9.90. The lowest BCUT2D eigenvalue weighted by Crippen LogP contribution is -2.28. The van der Waals surface area contributed by atoms with Gasteiger partial charge in [-0.3, -0.25) is 14.6 Å². The summed E-state index contributed by atoms with van der Waals surface area (Å²) in [7, 11) is 0. The number of hydrogen-bond donors (Lipinski definition) is 2. The number of ether oxygens (including phenoxy) is 1. The first kappa shape index (κ1) is 21.2. The van der Waals surface area contributed by atoms with Crippen LogP contribution in [-0.4, -0.2) is 36.5 Å². The van der Waals surface area contributed by atoms with Gasteiger partial charge < -0.3 is 15.4 Å². The molecule has 6 nitrogen and oxygen atoms in total. The second-order valence-electron chi connectivity index (χ2n) is 6.75. The van der Waals surface area contributed by atoms with E-state index in [0.717, 1.165) is 16.7 Å². The summed E-state index contributed by atoms with van der Waals surface area (Å²) in [6, 6.07) is 15.0. The Morgan fingerprint density at radius 3 is 2.53 bits per heavy atom. The number of benzene rings is 2. The molecule has 0 unspecified atom stereocenters. The largest absolute Gasteiger partial charge is 0.491 e. The van der Waals surface area contributed by atoms with Gasteiger partial charge in [0.25, 0.3) is 5.91 Å². The molecule has 0 aliphatic rings. The Morgan fingerprint density at radius 1 is 0.933 bits per heavy atom. The fourth-order valence-corrected chi connectivity index (χ4v) is 2.92. The van der Waals surface area contributed by atoms with E-state index in [0.29, 0.717) is 44.5 Å². The van der Waals surface area contributed by atoms with Crippen molar-refractivity contribution in [2.45, 2.75) is 19.3 Å². The standard InChI is InChI=1S/C23H24FN3O3/c24-19-11-9-18(10-12-19)23(29)27-14-3-8-21(28)25-15-4-16-30-20-7-1-5-17-6-2-13-26-22(17)20/h1-2,5-7,9-13H,3-4,8,14-16H2,(H,25,28)(H,27,29). The number of rotatable bonds is 10. The molecule has 1 heterocycles. The summed E-state index contributed by atoms with van der Waals surface area (Å²) in [5.74, 6) is -0.00734. The molecule has 2 aromatic carbocycles. The van der Waals surface area contributed by atoms with Gasteiger partial charge in [0, 0.05) is 36.7 Å². The lowest BCUT2D eigenvalue weighted by atomic mass is 10.2. The highest BCUT2D eigenvalue weighted by Crippen LogP contribution is 2.22. The van der Waals surface area contributed by atoms with E-state index in [-0.39, 0.29) is 17.6 Å². The van der Waals surface area contributed by atoms with Crippen molar-refractivity contribution >= 4 is 22.7 Å². The van der Waals surface area contributed by atoms with Crippen LogP contribution in [0.3, 0.4) is 0 Å². The maximum absolute atomic E-state index is 12.9. The molecule has 3 aromatic rings. The number of fused-ring (bicyclic) bond motifs is 1. The first-order chi connectivity index (χ1) is 14.6. The zero-order chi connectivity index (χ0) is 21.2. The molecule has 2 N–H and O–H groups in total. The van der Waals surface area contributed by atoms with Gasteiger partial charge in [0.15, 0.2) is 0 Å². The molecule has 0 fully saturated rings. The minimum Gasteiger partial charge on any atom is -0.491 e. The zero-order valence-corrected chi connectivity index (χ0v) is 16.6. The molecule has 7 heteroatoms. The van der Waals surface area contributed by atoms with E-state index >= 15 is 0 Å². The molecular formula is C23H24FN3O3. The van der Waals surface area contributed by atoms with Crippen LogP contribution in [0.25, 0.3) is 10.9 Å². The predicted octanol–water partition coefficient (Wildman–Crippen LogP) is 3.47. The SMILES string of the molecule is O=C(CCCNC(=O)c1ccc(F)cc1)NCCCOc1cccc2cccnc12. The normalized spacial score (nSPS) is 10.6. The second-order valence-corrected chi connectivity index (χ2v) is 6.75. The summed E-state index contributed by atoms with van der Waals surface area (Å²) in [6.45, 7) is 1.36. The number of carbonyl (C=O) groups excluding carboxylic acids is 2. The number of pyridine rings is 1. The van der Waals surface area contributed by atoms with Crippen molar-refractivity contribution in [3.8, 4) is 5.75 Å². The Morgan fingerprint density at radius 2 is 1.70 bits per heavy atom. The van der Waals surface area contributed by atoms with Crippen molar-refractivity contribution < 1.29 is 18.7 Å². The van der Waals surface area contributed by atoms with Gasteiger partial charge >= 0.3 is 0 Å². The third-order valence-corrected chi connectivity index (χ3v) is 4.47. The highest BCUT2D eigenvalue weighted by molar-refractivity contribution is 5.94. The average molecular weight is 409 g/mol. The number of carbonyl (C=O) groups is 2. The smallest absolute Gasteiger partial charge is 0.251 e. The third kappa shape index (κ3) is 6.27. The number of amides is 2. The topological polar surface area (TPSA) is 80.3 Å². The molecule has 0 spiro atoms. The van der Waals surface area contributed by atoms with E-state index in [4.69, 9.17) is 4.74 Å². The molecule has 156 valence electrons. The van der Waals surface area contributed by atoms with Crippen LogP contribution in [0.5, 0.6) is 5.75 Å². The van der Waals surface area contributed by atoms with Gasteiger partial charge in [-0.2, -0.15) is 0 Å². The highest BCUT2D eigenvalue weighted by atomic mass is 19.1. The molecule has 0 radical (unpaired) electrons. The fourth-order valence-electron chi connectivity index (χ4n) is 2.92. The van der Waals surface area contributed by atoms with Gasteiger partial charge in [0.1, 0.15) is 17.1 Å². The van der Waals surface area contributed by atoms with Gasteiger partial charge in [-0.25, -0.2) is 4.39 Å². The minimum atomic E-state index is -0.387. The van der Waals surface area contributed by atoms with Gasteiger partial charge in [-0.1, -0.05) is 18.2 Å². The average Bonchev–Trinajstić information content (AvgIpc) is 2.77. The lowest BCUT2D eigenvalue weighted by Gasteiger charge is -2.09. The van der Waals surface area contributed by atoms with E-state index < -0.39 is 0 Å². The summed E-state index contributed by atoms with van der Waals surface area (Å²) in [5, 5.41) is 6.58. The van der Waals surface area contributed by atoms with Crippen molar-refractivity contribution in [3.05, 3.63) is 72.2 Å². The Kier molecular flexibility index (Phi) is 7.71. The Bertz CT molecular complexity index is 987. The van der Waals surface area contributed by atoms with Crippen LogP contribution in [0.4, 0.5) is 4.39 Å². The van der Waals surface area contributed by atoms with Crippen molar-refractivity contribution in [2.24, 2.45) is 0 Å². The van der Waals surface area contributed by atoms with Crippen molar-refractivity contribution in [1.29, 1.82) is 0 Å². The Labute approximate surface area is 174 Å². The first-order valence-corrected chi connectivity index (χ1v) is 9.90. The zero-order valence-electron chi connectivity index (χ0n) is 16.6. The van der Waals surface area contributed by atoms with Gasteiger partial charge in [-0.15, -0.1) is 0 Å². The predicted molar refractivity (Wildman–Crippen MR) is 113 cm³/mol. The van der Waals surface area contributed by atoms with Gasteiger partial charge in [-0.05, 0) is 49.2 Å². The number of nitrogens with zero attached hydrogens (tertiary/aromatic N) is 1. The monoisotopic (exact) mass is 409 g/mol. The van der Waals surface area contributed by atoms with Crippen molar-refractivity contribution in [2.75, 3.05) is 19.7 Å². The maximum Gasteiger partial charge on any atom is 0.251 e. The second kappa shape index (κ2) is 10.9. The van der Waals surface area contributed by atoms with Crippen LogP contribution in [-0.2, 0) is 4.79 Å². The summed E-state index contributed by atoms with van der Waals surface area (Å²) in [6.07, 6.45) is 3.25. The number of halogens is 1. The summed E-state index contributed by atoms with van der Waals surface area (Å²) in [4.78, 5) is 28.1. The van der Waals surface area contributed by atoms with E-state index in [1.54, 1.807) is 6.20 Å². The van der Waals surface area contributed by atoms with E-state index in [1.807, 2.05) is 30.3 Å². The lowest BCUT2D eigenvalue weighted by molar-refractivity contribution is -0.121. The number of para-hydroxylation sites is 1. The molecule has 30 heavy (non-hydrogen) atoms. The quantitative estimate of drug-likeness (QED) is 0.503. The van der Waals surface area contributed by atoms with Crippen molar-refractivity contribution in [3.63, 3.8) is 0 Å². The molecule has 0 saturated heterocycles. The van der Waals surface area contributed by atoms with Crippen molar-refractivity contribution in [1.82, 2.24) is 15.6 Å². The van der Waals surface area contributed by atoms with E-state index in [2.05, 4.69) is 15.6 Å². The molecule has 3 rings (SSSR count). The van der Waals surface area contributed by atoms with Crippen LogP contribution >= 0.6 is 0 Å². The molecule has 0 atom stereocenters. The number of hydrogen-bond acceptors (Lipinski definition) is 4. The minimum absolute atomic E-state index is 0.0714. The molecular weight excluding hydrogens is 385 g/mol. The van der Waals surface area contributed by atoms with Gasteiger partial charge in [0.05, 0.1) is 6.61 Å². The molecule has 1 aromatic heterocycles. The Hall–Kier alpha value is -3.48. The number of nitrogens with one attached hydrogen (secondary N) is 2. The summed E-state index contributed by atoms with van der Waals surface area (Å²) in [5.41, 5.74) is 1.22.